The number of sulfonamides is 1. The first-order valence-electron chi connectivity index (χ1n) is 7.71. The molecule has 0 saturated heterocycles. The van der Waals surface area contributed by atoms with Crippen molar-refractivity contribution in [3.8, 4) is 0 Å². The Morgan fingerprint density at radius 2 is 1.86 bits per heavy atom. The molecule has 118 valence electrons. The highest BCUT2D eigenvalue weighted by Crippen LogP contribution is 2.32. The Balaban J connectivity index is 1.97. The summed E-state index contributed by atoms with van der Waals surface area (Å²) in [5.74, 6) is 1.05. The van der Waals surface area contributed by atoms with Crippen molar-refractivity contribution in [2.24, 2.45) is 11.8 Å². The summed E-state index contributed by atoms with van der Waals surface area (Å²) in [6.07, 6.45) is 5.58. The second kappa shape index (κ2) is 7.75. The van der Waals surface area contributed by atoms with E-state index < -0.39 is 10.0 Å². The third-order valence-electron chi connectivity index (χ3n) is 4.32. The smallest absolute Gasteiger partial charge is 0.211 e. The first kappa shape index (κ1) is 17.0. The van der Waals surface area contributed by atoms with E-state index in [9.17, 15) is 8.42 Å². The molecule has 1 saturated carbocycles. The van der Waals surface area contributed by atoms with Crippen molar-refractivity contribution in [1.82, 2.24) is 4.72 Å². The first-order chi connectivity index (χ1) is 10.1. The standard InChI is InChI=1S/C16H24BrNO2S/c1-2-4-13-7-9-16(10-8-13)21(19,20)18-12-15-6-3-5-14(15)11-17/h7-10,14-15,18H,2-6,11-12H2,1H3. The van der Waals surface area contributed by atoms with Gasteiger partial charge in [0.2, 0.25) is 10.0 Å². The molecule has 0 bridgehead atoms. The minimum Gasteiger partial charge on any atom is -0.211 e. The van der Waals surface area contributed by atoms with E-state index in [-0.39, 0.29) is 0 Å². The zero-order chi connectivity index (χ0) is 15.3. The van der Waals surface area contributed by atoms with Crippen molar-refractivity contribution < 1.29 is 8.42 Å². The number of rotatable bonds is 7. The van der Waals surface area contributed by atoms with Crippen molar-refractivity contribution in [3.63, 3.8) is 0 Å². The SMILES string of the molecule is CCCc1ccc(S(=O)(=O)NCC2CCCC2CBr)cc1. The van der Waals surface area contributed by atoms with Gasteiger partial charge < -0.3 is 0 Å². The fraction of sp³-hybridized carbons (Fsp3) is 0.625. The molecule has 0 heterocycles. The van der Waals surface area contributed by atoms with Gasteiger partial charge in [-0.15, -0.1) is 0 Å². The zero-order valence-electron chi connectivity index (χ0n) is 12.5. The van der Waals surface area contributed by atoms with E-state index in [1.165, 1.54) is 18.4 Å². The lowest BCUT2D eigenvalue weighted by atomic mass is 9.99. The molecule has 1 aromatic carbocycles. The van der Waals surface area contributed by atoms with Gasteiger partial charge in [0.1, 0.15) is 0 Å². The van der Waals surface area contributed by atoms with E-state index in [4.69, 9.17) is 0 Å². The van der Waals surface area contributed by atoms with E-state index in [1.54, 1.807) is 12.1 Å². The topological polar surface area (TPSA) is 46.2 Å². The van der Waals surface area contributed by atoms with Crippen LogP contribution < -0.4 is 4.72 Å². The van der Waals surface area contributed by atoms with Crippen LogP contribution in [0.2, 0.25) is 0 Å². The Kier molecular flexibility index (Phi) is 6.26. The lowest BCUT2D eigenvalue weighted by Gasteiger charge is -2.18. The Bertz CT molecular complexity index is 542. The van der Waals surface area contributed by atoms with E-state index in [0.717, 1.165) is 24.6 Å². The highest BCUT2D eigenvalue weighted by Gasteiger charge is 2.27. The molecule has 1 aromatic rings. The molecule has 21 heavy (non-hydrogen) atoms. The molecule has 5 heteroatoms. The molecule has 2 rings (SSSR count). The van der Waals surface area contributed by atoms with Crippen LogP contribution in [0.1, 0.15) is 38.2 Å². The van der Waals surface area contributed by atoms with Gasteiger partial charge in [-0.3, -0.25) is 0 Å². The van der Waals surface area contributed by atoms with Crippen LogP contribution in [0.3, 0.4) is 0 Å². The van der Waals surface area contributed by atoms with Crippen LogP contribution in [0.4, 0.5) is 0 Å². The van der Waals surface area contributed by atoms with Crippen molar-refractivity contribution in [3.05, 3.63) is 29.8 Å². The molecule has 2 atom stereocenters. The molecule has 0 aromatic heterocycles. The molecule has 3 nitrogen and oxygen atoms in total. The number of alkyl halides is 1. The maximum Gasteiger partial charge on any atom is 0.240 e. The summed E-state index contributed by atoms with van der Waals surface area (Å²) in [4.78, 5) is 0.371. The van der Waals surface area contributed by atoms with Gasteiger partial charge >= 0.3 is 0 Å². The lowest BCUT2D eigenvalue weighted by molar-refractivity contribution is 0.422. The van der Waals surface area contributed by atoms with E-state index in [2.05, 4.69) is 27.6 Å². The summed E-state index contributed by atoms with van der Waals surface area (Å²) >= 11 is 3.53. The Morgan fingerprint density at radius 1 is 1.19 bits per heavy atom. The van der Waals surface area contributed by atoms with Gasteiger partial charge in [-0.25, -0.2) is 13.1 Å². The normalized spacial score (nSPS) is 22.6. The lowest BCUT2D eigenvalue weighted by Crippen LogP contribution is -2.31. The Morgan fingerprint density at radius 3 is 2.48 bits per heavy atom. The van der Waals surface area contributed by atoms with Crippen molar-refractivity contribution in [2.75, 3.05) is 11.9 Å². The summed E-state index contributed by atoms with van der Waals surface area (Å²) in [5.41, 5.74) is 1.19. The molecule has 0 amide bonds. The number of nitrogens with one attached hydrogen (secondary N) is 1. The van der Waals surface area contributed by atoms with Crippen molar-refractivity contribution >= 4 is 26.0 Å². The summed E-state index contributed by atoms with van der Waals surface area (Å²) < 4.78 is 27.4. The zero-order valence-corrected chi connectivity index (χ0v) is 14.9. The summed E-state index contributed by atoms with van der Waals surface area (Å²) in [6.45, 7) is 2.67. The number of aryl methyl sites for hydroxylation is 1. The summed E-state index contributed by atoms with van der Waals surface area (Å²) in [6, 6.07) is 7.25. The Hall–Kier alpha value is -0.390. The Labute approximate surface area is 136 Å². The van der Waals surface area contributed by atoms with Gasteiger partial charge in [-0.1, -0.05) is 47.8 Å². The van der Waals surface area contributed by atoms with Crippen LogP contribution in [0, 0.1) is 11.8 Å². The van der Waals surface area contributed by atoms with Crippen LogP contribution >= 0.6 is 15.9 Å². The minimum atomic E-state index is -3.38. The molecule has 0 radical (unpaired) electrons. The monoisotopic (exact) mass is 373 g/mol. The molecule has 1 aliphatic rings. The van der Waals surface area contributed by atoms with Gasteiger partial charge in [0.15, 0.2) is 0 Å². The number of benzene rings is 1. The van der Waals surface area contributed by atoms with Crippen LogP contribution in [-0.4, -0.2) is 20.3 Å². The largest absolute Gasteiger partial charge is 0.240 e. The van der Waals surface area contributed by atoms with E-state index in [0.29, 0.717) is 23.3 Å². The van der Waals surface area contributed by atoms with Crippen LogP contribution in [-0.2, 0) is 16.4 Å². The molecule has 0 aliphatic heterocycles. The molecule has 1 N–H and O–H groups in total. The van der Waals surface area contributed by atoms with Gasteiger partial charge in [0.25, 0.3) is 0 Å². The van der Waals surface area contributed by atoms with Crippen molar-refractivity contribution in [2.45, 2.75) is 43.9 Å². The molecule has 0 spiro atoms. The predicted molar refractivity (Wildman–Crippen MR) is 90.3 cm³/mol. The minimum absolute atomic E-state index is 0.371. The second-order valence-corrected chi connectivity index (χ2v) is 8.27. The fourth-order valence-corrected chi connectivity index (χ4v) is 4.96. The number of hydrogen-bond acceptors (Lipinski definition) is 2. The van der Waals surface area contributed by atoms with Crippen LogP contribution in [0.15, 0.2) is 29.2 Å². The second-order valence-electron chi connectivity index (χ2n) is 5.85. The van der Waals surface area contributed by atoms with Gasteiger partial charge in [-0.2, -0.15) is 0 Å². The number of halogens is 1. The average molecular weight is 374 g/mol. The van der Waals surface area contributed by atoms with Gasteiger partial charge in [-0.05, 0) is 48.8 Å². The van der Waals surface area contributed by atoms with Crippen LogP contribution in [0.5, 0.6) is 0 Å². The van der Waals surface area contributed by atoms with Crippen molar-refractivity contribution in [1.29, 1.82) is 0 Å². The number of hydrogen-bond donors (Lipinski definition) is 1. The summed E-state index contributed by atoms with van der Waals surface area (Å²) in [5, 5.41) is 0.963. The molecular weight excluding hydrogens is 350 g/mol. The van der Waals surface area contributed by atoms with Gasteiger partial charge in [0, 0.05) is 11.9 Å². The van der Waals surface area contributed by atoms with E-state index >= 15 is 0 Å². The van der Waals surface area contributed by atoms with Crippen LogP contribution in [0.25, 0.3) is 0 Å². The highest BCUT2D eigenvalue weighted by atomic mass is 79.9. The maximum atomic E-state index is 12.3. The fourth-order valence-electron chi connectivity index (χ4n) is 3.01. The average Bonchev–Trinajstić information content (AvgIpc) is 2.94. The molecule has 1 aliphatic carbocycles. The summed E-state index contributed by atoms with van der Waals surface area (Å²) in [7, 11) is -3.38. The maximum absolute atomic E-state index is 12.3. The quantitative estimate of drug-likeness (QED) is 0.740. The third kappa shape index (κ3) is 4.54. The van der Waals surface area contributed by atoms with Gasteiger partial charge in [0.05, 0.1) is 4.90 Å². The predicted octanol–water partition coefficient (Wildman–Crippen LogP) is 3.73. The molecular formula is C16H24BrNO2S. The molecule has 2 unspecified atom stereocenters. The molecule has 1 fully saturated rings. The third-order valence-corrected chi connectivity index (χ3v) is 6.59. The first-order valence-corrected chi connectivity index (χ1v) is 10.3. The van der Waals surface area contributed by atoms with E-state index in [1.807, 2.05) is 12.1 Å². The highest BCUT2D eigenvalue weighted by molar-refractivity contribution is 9.09.